The smallest absolute Gasteiger partial charge is 0.239 e. The lowest BCUT2D eigenvalue weighted by atomic mass is 9.92. The number of ether oxygens (including phenoxy) is 1. The summed E-state index contributed by atoms with van der Waals surface area (Å²) in [5.74, 6) is 0.438. The number of carbonyl (C=O) groups is 1. The zero-order valence-corrected chi connectivity index (χ0v) is 14.9. The summed E-state index contributed by atoms with van der Waals surface area (Å²) >= 11 is 0. The SMILES string of the molecule is COc1ccc(CN2C(=O)C(c3cccc(C#N)c3)c3ccccc32)cc1. The highest BCUT2D eigenvalue weighted by Gasteiger charge is 2.38. The van der Waals surface area contributed by atoms with Crippen LogP contribution in [0, 0.1) is 11.3 Å². The number of para-hydroxylation sites is 1. The monoisotopic (exact) mass is 354 g/mol. The molecule has 3 aromatic carbocycles. The van der Waals surface area contributed by atoms with E-state index >= 15 is 0 Å². The number of nitriles is 1. The molecule has 1 aliphatic heterocycles. The van der Waals surface area contributed by atoms with Crippen LogP contribution in [0.25, 0.3) is 0 Å². The minimum absolute atomic E-state index is 0.0297. The van der Waals surface area contributed by atoms with Gasteiger partial charge in [-0.05, 0) is 47.0 Å². The molecular weight excluding hydrogens is 336 g/mol. The van der Waals surface area contributed by atoms with E-state index in [2.05, 4.69) is 6.07 Å². The molecule has 4 rings (SSSR count). The molecule has 0 aromatic heterocycles. The summed E-state index contributed by atoms with van der Waals surface area (Å²) in [5, 5.41) is 9.20. The van der Waals surface area contributed by atoms with Gasteiger partial charge in [-0.25, -0.2) is 0 Å². The minimum Gasteiger partial charge on any atom is -0.497 e. The number of nitrogens with zero attached hydrogens (tertiary/aromatic N) is 2. The van der Waals surface area contributed by atoms with Gasteiger partial charge in [0.05, 0.1) is 31.2 Å². The summed E-state index contributed by atoms with van der Waals surface area (Å²) in [5.41, 5.74) is 4.34. The maximum absolute atomic E-state index is 13.3. The Morgan fingerprint density at radius 2 is 1.81 bits per heavy atom. The molecule has 4 nitrogen and oxygen atoms in total. The number of anilines is 1. The van der Waals surface area contributed by atoms with E-state index in [1.54, 1.807) is 19.2 Å². The van der Waals surface area contributed by atoms with Crippen LogP contribution in [0.4, 0.5) is 5.69 Å². The van der Waals surface area contributed by atoms with Crippen molar-refractivity contribution in [1.29, 1.82) is 5.26 Å². The van der Waals surface area contributed by atoms with Crippen molar-refractivity contribution in [2.75, 3.05) is 12.0 Å². The van der Waals surface area contributed by atoms with Gasteiger partial charge in [0.25, 0.3) is 0 Å². The number of hydrogen-bond acceptors (Lipinski definition) is 3. The van der Waals surface area contributed by atoms with Crippen LogP contribution in [0.5, 0.6) is 5.75 Å². The summed E-state index contributed by atoms with van der Waals surface area (Å²) in [6.45, 7) is 0.494. The summed E-state index contributed by atoms with van der Waals surface area (Å²) in [6, 6.07) is 25.1. The van der Waals surface area contributed by atoms with Crippen molar-refractivity contribution in [3.8, 4) is 11.8 Å². The van der Waals surface area contributed by atoms with Gasteiger partial charge in [0, 0.05) is 5.69 Å². The van der Waals surface area contributed by atoms with Crippen LogP contribution in [0.3, 0.4) is 0 Å². The number of methoxy groups -OCH3 is 1. The Balaban J connectivity index is 1.71. The van der Waals surface area contributed by atoms with Crippen LogP contribution < -0.4 is 9.64 Å². The van der Waals surface area contributed by atoms with E-state index in [1.165, 1.54) is 0 Å². The van der Waals surface area contributed by atoms with Crippen molar-refractivity contribution in [2.24, 2.45) is 0 Å². The number of fused-ring (bicyclic) bond motifs is 1. The first-order chi connectivity index (χ1) is 13.2. The fraction of sp³-hybridized carbons (Fsp3) is 0.130. The van der Waals surface area contributed by atoms with E-state index in [4.69, 9.17) is 4.74 Å². The Hall–Kier alpha value is -3.58. The lowest BCUT2D eigenvalue weighted by Crippen LogP contribution is -2.28. The van der Waals surface area contributed by atoms with Crippen LogP contribution in [-0.2, 0) is 11.3 Å². The van der Waals surface area contributed by atoms with Crippen molar-refractivity contribution in [3.63, 3.8) is 0 Å². The van der Waals surface area contributed by atoms with Crippen LogP contribution in [0.15, 0.2) is 72.8 Å². The topological polar surface area (TPSA) is 53.3 Å². The maximum atomic E-state index is 13.3. The highest BCUT2D eigenvalue weighted by molar-refractivity contribution is 6.06. The molecule has 1 aliphatic rings. The van der Waals surface area contributed by atoms with E-state index in [-0.39, 0.29) is 11.8 Å². The van der Waals surface area contributed by atoms with Crippen molar-refractivity contribution in [3.05, 3.63) is 95.1 Å². The number of benzene rings is 3. The van der Waals surface area contributed by atoms with Gasteiger partial charge in [-0.2, -0.15) is 5.26 Å². The van der Waals surface area contributed by atoms with Gasteiger partial charge in [0.2, 0.25) is 5.91 Å². The molecule has 0 saturated heterocycles. The van der Waals surface area contributed by atoms with Gasteiger partial charge in [-0.3, -0.25) is 4.79 Å². The summed E-state index contributed by atoms with van der Waals surface area (Å²) in [6.07, 6.45) is 0. The minimum atomic E-state index is -0.382. The number of hydrogen-bond donors (Lipinski definition) is 0. The second kappa shape index (κ2) is 6.97. The normalized spacial score (nSPS) is 15.3. The molecule has 4 heteroatoms. The quantitative estimate of drug-likeness (QED) is 0.704. The molecule has 0 aliphatic carbocycles. The fourth-order valence-corrected chi connectivity index (χ4v) is 3.57. The largest absolute Gasteiger partial charge is 0.497 e. The second-order valence-electron chi connectivity index (χ2n) is 6.50. The predicted octanol–water partition coefficient (Wildman–Crippen LogP) is 4.25. The summed E-state index contributed by atoms with van der Waals surface area (Å²) < 4.78 is 5.21. The molecule has 1 unspecified atom stereocenters. The summed E-state index contributed by atoms with van der Waals surface area (Å²) in [4.78, 5) is 15.1. The highest BCUT2D eigenvalue weighted by atomic mass is 16.5. The first kappa shape index (κ1) is 16.9. The lowest BCUT2D eigenvalue weighted by molar-refractivity contribution is -0.118. The van der Waals surface area contributed by atoms with E-state index in [9.17, 15) is 10.1 Å². The molecule has 0 spiro atoms. The average Bonchev–Trinajstić information content (AvgIpc) is 3.00. The van der Waals surface area contributed by atoms with Gasteiger partial charge in [-0.1, -0.05) is 42.5 Å². The van der Waals surface area contributed by atoms with Crippen LogP contribution in [0.1, 0.15) is 28.2 Å². The van der Waals surface area contributed by atoms with Crippen molar-refractivity contribution in [1.82, 2.24) is 0 Å². The maximum Gasteiger partial charge on any atom is 0.239 e. The standard InChI is InChI=1S/C23H18N2O2/c1-27-19-11-9-16(10-12-19)15-25-21-8-3-2-7-20(21)22(23(25)26)18-6-4-5-17(13-18)14-24/h2-13,22H,15H2,1H3. The van der Waals surface area contributed by atoms with Crippen LogP contribution in [-0.4, -0.2) is 13.0 Å². The molecule has 0 radical (unpaired) electrons. The van der Waals surface area contributed by atoms with E-state index in [0.29, 0.717) is 12.1 Å². The lowest BCUT2D eigenvalue weighted by Gasteiger charge is -2.18. The highest BCUT2D eigenvalue weighted by Crippen LogP contribution is 2.41. The Morgan fingerprint density at radius 3 is 2.56 bits per heavy atom. The second-order valence-corrected chi connectivity index (χ2v) is 6.50. The van der Waals surface area contributed by atoms with Crippen LogP contribution in [0.2, 0.25) is 0 Å². The third-order valence-corrected chi connectivity index (χ3v) is 4.90. The fourth-order valence-electron chi connectivity index (χ4n) is 3.57. The van der Waals surface area contributed by atoms with Gasteiger partial charge < -0.3 is 9.64 Å². The molecule has 0 N–H and O–H groups in total. The van der Waals surface area contributed by atoms with Crippen molar-refractivity contribution < 1.29 is 9.53 Å². The average molecular weight is 354 g/mol. The molecule has 27 heavy (non-hydrogen) atoms. The van der Waals surface area contributed by atoms with Crippen molar-refractivity contribution in [2.45, 2.75) is 12.5 Å². The molecule has 0 bridgehead atoms. The third-order valence-electron chi connectivity index (χ3n) is 4.90. The third kappa shape index (κ3) is 3.04. The Bertz CT molecular complexity index is 1030. The Morgan fingerprint density at radius 1 is 1.04 bits per heavy atom. The summed E-state index contributed by atoms with van der Waals surface area (Å²) in [7, 11) is 1.63. The Kier molecular flexibility index (Phi) is 4.35. The van der Waals surface area contributed by atoms with Crippen molar-refractivity contribution >= 4 is 11.6 Å². The molecule has 3 aromatic rings. The molecule has 1 atom stereocenters. The zero-order valence-electron chi connectivity index (χ0n) is 14.9. The molecule has 132 valence electrons. The molecular formula is C23H18N2O2. The molecule has 0 saturated carbocycles. The number of carbonyl (C=O) groups excluding carboxylic acids is 1. The van der Waals surface area contributed by atoms with Gasteiger partial charge >= 0.3 is 0 Å². The van der Waals surface area contributed by atoms with Crippen LogP contribution >= 0.6 is 0 Å². The zero-order chi connectivity index (χ0) is 18.8. The molecule has 0 fully saturated rings. The van der Waals surface area contributed by atoms with Gasteiger partial charge in [-0.15, -0.1) is 0 Å². The predicted molar refractivity (Wildman–Crippen MR) is 104 cm³/mol. The Labute approximate surface area is 158 Å². The van der Waals surface area contributed by atoms with Gasteiger partial charge in [0.1, 0.15) is 5.75 Å². The first-order valence-electron chi connectivity index (χ1n) is 8.74. The molecule has 1 heterocycles. The number of amides is 1. The van der Waals surface area contributed by atoms with Gasteiger partial charge in [0.15, 0.2) is 0 Å². The van der Waals surface area contributed by atoms with E-state index < -0.39 is 0 Å². The van der Waals surface area contributed by atoms with E-state index in [1.807, 2.05) is 65.6 Å². The van der Waals surface area contributed by atoms with E-state index in [0.717, 1.165) is 28.1 Å². The molecule has 1 amide bonds. The first-order valence-corrected chi connectivity index (χ1v) is 8.74. The number of rotatable bonds is 4.